The first-order chi connectivity index (χ1) is 5.74. The van der Waals surface area contributed by atoms with E-state index in [1.165, 1.54) is 0 Å². The summed E-state index contributed by atoms with van der Waals surface area (Å²) in [7, 11) is 1.89. The summed E-state index contributed by atoms with van der Waals surface area (Å²) < 4.78 is 1.77. The molecule has 0 aromatic carbocycles. The van der Waals surface area contributed by atoms with Gasteiger partial charge in [-0.05, 0) is 6.92 Å². The minimum atomic E-state index is 0.460. The molecule has 1 aromatic heterocycles. The third-order valence-corrected chi connectivity index (χ3v) is 2.62. The molecule has 4 nitrogen and oxygen atoms in total. The van der Waals surface area contributed by atoms with Gasteiger partial charge >= 0.3 is 0 Å². The van der Waals surface area contributed by atoms with Crippen LogP contribution < -0.4 is 5.32 Å². The van der Waals surface area contributed by atoms with E-state index in [2.05, 4.69) is 38.3 Å². The first kappa shape index (κ1) is 9.67. The Morgan fingerprint density at radius 1 is 1.75 bits per heavy atom. The van der Waals surface area contributed by atoms with Crippen LogP contribution in [0.3, 0.4) is 0 Å². The van der Waals surface area contributed by atoms with Gasteiger partial charge in [-0.25, -0.2) is 4.98 Å². The highest BCUT2D eigenvalue weighted by molar-refractivity contribution is 9.09. The largest absolute Gasteiger partial charge is 0.306 e. The van der Waals surface area contributed by atoms with Gasteiger partial charge in [0.05, 0.1) is 6.54 Å². The van der Waals surface area contributed by atoms with Crippen molar-refractivity contribution >= 4 is 15.9 Å². The monoisotopic (exact) mass is 232 g/mol. The summed E-state index contributed by atoms with van der Waals surface area (Å²) in [6.07, 6.45) is 1.57. The summed E-state index contributed by atoms with van der Waals surface area (Å²) in [6, 6.07) is 0.460. The van der Waals surface area contributed by atoms with Gasteiger partial charge in [-0.3, -0.25) is 4.68 Å². The molecule has 68 valence electrons. The number of halogens is 1. The molecule has 5 heteroatoms. The second kappa shape index (κ2) is 4.57. The third kappa shape index (κ3) is 2.57. The van der Waals surface area contributed by atoms with Gasteiger partial charge in [0.2, 0.25) is 0 Å². The molecule has 1 rings (SSSR count). The standard InChI is InChI=1S/C7H13BrN4/c1-6(3-8)9-4-7-10-5-11-12(7)2/h5-6,9H,3-4H2,1-2H3. The van der Waals surface area contributed by atoms with Crippen molar-refractivity contribution in [2.45, 2.75) is 19.5 Å². The molecule has 0 saturated carbocycles. The number of hydrogen-bond acceptors (Lipinski definition) is 3. The molecule has 0 spiro atoms. The lowest BCUT2D eigenvalue weighted by molar-refractivity contribution is 0.558. The molecule has 0 aliphatic carbocycles. The zero-order valence-corrected chi connectivity index (χ0v) is 8.87. The highest BCUT2D eigenvalue weighted by Crippen LogP contribution is 1.93. The third-order valence-electron chi connectivity index (χ3n) is 1.65. The fourth-order valence-corrected chi connectivity index (χ4v) is 1.03. The summed E-state index contributed by atoms with van der Waals surface area (Å²) in [5.41, 5.74) is 0. The lowest BCUT2D eigenvalue weighted by atomic mass is 10.4. The van der Waals surface area contributed by atoms with E-state index in [1.807, 2.05) is 7.05 Å². The van der Waals surface area contributed by atoms with E-state index in [9.17, 15) is 0 Å². The Bertz CT molecular complexity index is 235. The Morgan fingerprint density at radius 3 is 3.00 bits per heavy atom. The van der Waals surface area contributed by atoms with Crippen LogP contribution in [0.4, 0.5) is 0 Å². The average molecular weight is 233 g/mol. The Labute approximate surface area is 80.5 Å². The molecule has 0 aliphatic heterocycles. The lowest BCUT2D eigenvalue weighted by Gasteiger charge is -2.08. The molecule has 0 saturated heterocycles. The van der Waals surface area contributed by atoms with E-state index in [1.54, 1.807) is 11.0 Å². The zero-order valence-electron chi connectivity index (χ0n) is 7.29. The first-order valence-corrected chi connectivity index (χ1v) is 4.98. The normalized spacial score (nSPS) is 13.2. The summed E-state index contributed by atoms with van der Waals surface area (Å²) >= 11 is 3.39. The van der Waals surface area contributed by atoms with Gasteiger partial charge in [0.25, 0.3) is 0 Å². The quantitative estimate of drug-likeness (QED) is 0.778. The Morgan fingerprint density at radius 2 is 2.50 bits per heavy atom. The molecule has 0 bridgehead atoms. The molecule has 0 radical (unpaired) electrons. The van der Waals surface area contributed by atoms with Gasteiger partial charge in [-0.15, -0.1) is 0 Å². The highest BCUT2D eigenvalue weighted by Gasteiger charge is 2.02. The van der Waals surface area contributed by atoms with Crippen molar-refractivity contribution in [1.29, 1.82) is 0 Å². The van der Waals surface area contributed by atoms with E-state index in [-0.39, 0.29) is 0 Å². The fraction of sp³-hybridized carbons (Fsp3) is 0.714. The van der Waals surface area contributed by atoms with Crippen molar-refractivity contribution in [1.82, 2.24) is 20.1 Å². The summed E-state index contributed by atoms with van der Waals surface area (Å²) in [4.78, 5) is 4.10. The van der Waals surface area contributed by atoms with E-state index in [0.717, 1.165) is 17.7 Å². The SMILES string of the molecule is CC(CBr)NCc1ncnn1C. The van der Waals surface area contributed by atoms with Crippen LogP contribution in [0.5, 0.6) is 0 Å². The molecule has 1 unspecified atom stereocenters. The van der Waals surface area contributed by atoms with Crippen molar-refractivity contribution < 1.29 is 0 Å². The van der Waals surface area contributed by atoms with E-state index in [0.29, 0.717) is 6.04 Å². The van der Waals surface area contributed by atoms with Gasteiger partial charge in [0, 0.05) is 18.4 Å². The fourth-order valence-electron chi connectivity index (χ4n) is 0.800. The van der Waals surface area contributed by atoms with E-state index in [4.69, 9.17) is 0 Å². The van der Waals surface area contributed by atoms with Crippen molar-refractivity contribution in [2.24, 2.45) is 7.05 Å². The number of rotatable bonds is 4. The van der Waals surface area contributed by atoms with E-state index < -0.39 is 0 Å². The van der Waals surface area contributed by atoms with Gasteiger partial charge in [0.1, 0.15) is 12.2 Å². The summed E-state index contributed by atoms with van der Waals surface area (Å²) in [5.74, 6) is 0.961. The van der Waals surface area contributed by atoms with Crippen LogP contribution in [0, 0.1) is 0 Å². The van der Waals surface area contributed by atoms with Crippen molar-refractivity contribution in [2.75, 3.05) is 5.33 Å². The molecule has 12 heavy (non-hydrogen) atoms. The molecule has 0 fully saturated rings. The highest BCUT2D eigenvalue weighted by atomic mass is 79.9. The maximum absolute atomic E-state index is 4.10. The van der Waals surface area contributed by atoms with Crippen LogP contribution >= 0.6 is 15.9 Å². The molecule has 1 heterocycles. The van der Waals surface area contributed by atoms with Crippen LogP contribution in [0.25, 0.3) is 0 Å². The Kier molecular flexibility index (Phi) is 3.68. The summed E-state index contributed by atoms with van der Waals surface area (Å²) in [6.45, 7) is 2.88. The molecular formula is C7H13BrN4. The maximum Gasteiger partial charge on any atom is 0.140 e. The molecule has 0 aliphatic rings. The number of aromatic nitrogens is 3. The number of nitrogens with zero attached hydrogens (tertiary/aromatic N) is 3. The number of alkyl halides is 1. The van der Waals surface area contributed by atoms with Crippen molar-refractivity contribution in [3.05, 3.63) is 12.2 Å². The molecule has 1 atom stereocenters. The van der Waals surface area contributed by atoms with Crippen LogP contribution in [-0.2, 0) is 13.6 Å². The summed E-state index contributed by atoms with van der Waals surface area (Å²) in [5, 5.41) is 8.23. The number of nitrogens with one attached hydrogen (secondary N) is 1. The average Bonchev–Trinajstić information content (AvgIpc) is 2.47. The predicted molar refractivity (Wildman–Crippen MR) is 51.1 cm³/mol. The molecule has 0 amide bonds. The van der Waals surface area contributed by atoms with Crippen LogP contribution in [-0.4, -0.2) is 26.1 Å². The zero-order chi connectivity index (χ0) is 8.97. The first-order valence-electron chi connectivity index (χ1n) is 3.86. The minimum Gasteiger partial charge on any atom is -0.306 e. The van der Waals surface area contributed by atoms with Crippen LogP contribution in [0.1, 0.15) is 12.7 Å². The second-order valence-corrected chi connectivity index (χ2v) is 3.38. The maximum atomic E-state index is 4.10. The molecule has 1 aromatic rings. The van der Waals surface area contributed by atoms with Gasteiger partial charge in [0.15, 0.2) is 0 Å². The minimum absolute atomic E-state index is 0.460. The van der Waals surface area contributed by atoms with Gasteiger partial charge in [-0.2, -0.15) is 5.10 Å². The topological polar surface area (TPSA) is 42.7 Å². The van der Waals surface area contributed by atoms with E-state index >= 15 is 0 Å². The Balaban J connectivity index is 2.38. The number of aryl methyl sites for hydroxylation is 1. The second-order valence-electron chi connectivity index (χ2n) is 2.74. The van der Waals surface area contributed by atoms with Gasteiger partial charge in [-0.1, -0.05) is 15.9 Å². The van der Waals surface area contributed by atoms with Crippen molar-refractivity contribution in [3.8, 4) is 0 Å². The van der Waals surface area contributed by atoms with Crippen LogP contribution in [0.15, 0.2) is 6.33 Å². The number of hydrogen-bond donors (Lipinski definition) is 1. The predicted octanol–water partition coefficient (Wildman–Crippen LogP) is 0.688. The van der Waals surface area contributed by atoms with Gasteiger partial charge < -0.3 is 5.32 Å². The smallest absolute Gasteiger partial charge is 0.140 e. The molecule has 1 N–H and O–H groups in total. The van der Waals surface area contributed by atoms with Crippen LogP contribution in [0.2, 0.25) is 0 Å². The van der Waals surface area contributed by atoms with Crippen molar-refractivity contribution in [3.63, 3.8) is 0 Å². The Hall–Kier alpha value is -0.420. The lowest BCUT2D eigenvalue weighted by Crippen LogP contribution is -2.27. The molecular weight excluding hydrogens is 220 g/mol.